The minimum Gasteiger partial charge on any atom is -0.320 e. The molecule has 1 aromatic heterocycles. The van der Waals surface area contributed by atoms with Crippen molar-refractivity contribution in [3.63, 3.8) is 0 Å². The zero-order valence-corrected chi connectivity index (χ0v) is 9.97. The average Bonchev–Trinajstić information content (AvgIpc) is 2.61. The Hall–Kier alpha value is -0.930. The van der Waals surface area contributed by atoms with Crippen molar-refractivity contribution >= 4 is 21.6 Å². The maximum atomic E-state index is 6.26. The van der Waals surface area contributed by atoms with Gasteiger partial charge in [-0.1, -0.05) is 25.5 Å². The fourth-order valence-corrected chi connectivity index (χ4v) is 2.80. The highest BCUT2D eigenvalue weighted by Gasteiger charge is 2.23. The summed E-state index contributed by atoms with van der Waals surface area (Å²) in [5.41, 5.74) is 7.04. The van der Waals surface area contributed by atoms with Crippen molar-refractivity contribution in [2.75, 3.05) is 0 Å². The number of fused-ring (bicyclic) bond motifs is 1. The van der Waals surface area contributed by atoms with E-state index >= 15 is 0 Å². The van der Waals surface area contributed by atoms with E-state index in [1.807, 2.05) is 18.2 Å². The third-order valence-electron chi connectivity index (χ3n) is 2.55. The molecular weight excluding hydrogens is 204 g/mol. The highest BCUT2D eigenvalue weighted by Crippen LogP contribution is 2.30. The quantitative estimate of drug-likeness (QED) is 0.862. The Morgan fingerprint density at radius 1 is 1.40 bits per heavy atom. The van der Waals surface area contributed by atoms with Crippen LogP contribution < -0.4 is 5.73 Å². The van der Waals surface area contributed by atoms with Crippen LogP contribution in [0.3, 0.4) is 0 Å². The van der Waals surface area contributed by atoms with Gasteiger partial charge in [-0.3, -0.25) is 0 Å². The molecule has 1 heterocycles. The van der Waals surface area contributed by atoms with E-state index in [0.717, 1.165) is 23.4 Å². The van der Waals surface area contributed by atoms with Crippen LogP contribution in [0.1, 0.15) is 31.7 Å². The van der Waals surface area contributed by atoms with Crippen LogP contribution >= 0.6 is 11.3 Å². The smallest absolute Gasteiger partial charge is 0.113 e. The van der Waals surface area contributed by atoms with Crippen molar-refractivity contribution < 1.29 is 0 Å². The molecule has 2 aromatic rings. The van der Waals surface area contributed by atoms with E-state index in [4.69, 9.17) is 5.73 Å². The molecule has 1 unspecified atom stereocenters. The van der Waals surface area contributed by atoms with Gasteiger partial charge in [0.05, 0.1) is 15.8 Å². The molecule has 80 valence electrons. The minimum atomic E-state index is -0.279. The predicted octanol–water partition coefficient (Wildman–Crippen LogP) is 3.27. The van der Waals surface area contributed by atoms with E-state index in [-0.39, 0.29) is 5.54 Å². The van der Waals surface area contributed by atoms with Crippen molar-refractivity contribution in [3.05, 3.63) is 29.3 Å². The van der Waals surface area contributed by atoms with Gasteiger partial charge in [-0.15, -0.1) is 11.3 Å². The second-order valence-corrected chi connectivity index (χ2v) is 5.18. The van der Waals surface area contributed by atoms with Crippen LogP contribution in [0.4, 0.5) is 0 Å². The standard InChI is InChI=1S/C12H16N2S/c1-3-8-12(2,13)11-14-9-6-4-5-7-10(9)15-11/h4-7H,3,8,13H2,1-2H3. The lowest BCUT2D eigenvalue weighted by molar-refractivity contribution is 0.445. The van der Waals surface area contributed by atoms with Gasteiger partial charge in [-0.25, -0.2) is 4.98 Å². The summed E-state index contributed by atoms with van der Waals surface area (Å²) in [5.74, 6) is 0. The summed E-state index contributed by atoms with van der Waals surface area (Å²) in [6, 6.07) is 8.19. The van der Waals surface area contributed by atoms with Crippen molar-refractivity contribution in [2.45, 2.75) is 32.2 Å². The first-order valence-corrected chi connectivity index (χ1v) is 6.10. The lowest BCUT2D eigenvalue weighted by Crippen LogP contribution is -2.32. The molecule has 0 aliphatic heterocycles. The molecule has 2 N–H and O–H groups in total. The van der Waals surface area contributed by atoms with Crippen molar-refractivity contribution in [1.82, 2.24) is 4.98 Å². The molecule has 0 aliphatic rings. The zero-order valence-electron chi connectivity index (χ0n) is 9.16. The topological polar surface area (TPSA) is 38.9 Å². The lowest BCUT2D eigenvalue weighted by Gasteiger charge is -2.20. The molecule has 0 saturated heterocycles. The largest absolute Gasteiger partial charge is 0.320 e. The monoisotopic (exact) mass is 220 g/mol. The Morgan fingerprint density at radius 3 is 2.80 bits per heavy atom. The second kappa shape index (κ2) is 3.91. The van der Waals surface area contributed by atoms with Gasteiger partial charge in [-0.05, 0) is 25.5 Å². The summed E-state index contributed by atoms with van der Waals surface area (Å²) in [5, 5.41) is 1.05. The van der Waals surface area contributed by atoms with Crippen molar-refractivity contribution in [1.29, 1.82) is 0 Å². The number of hydrogen-bond acceptors (Lipinski definition) is 3. The summed E-state index contributed by atoms with van der Waals surface area (Å²) < 4.78 is 1.22. The van der Waals surface area contributed by atoms with Crippen LogP contribution in [0.2, 0.25) is 0 Å². The molecule has 1 aromatic carbocycles. The van der Waals surface area contributed by atoms with Gasteiger partial charge >= 0.3 is 0 Å². The van der Waals surface area contributed by atoms with E-state index in [9.17, 15) is 0 Å². The summed E-state index contributed by atoms with van der Waals surface area (Å²) >= 11 is 1.71. The number of nitrogens with zero attached hydrogens (tertiary/aromatic N) is 1. The fourth-order valence-electron chi connectivity index (χ4n) is 1.74. The van der Waals surface area contributed by atoms with Gasteiger partial charge in [0.15, 0.2) is 0 Å². The molecule has 15 heavy (non-hydrogen) atoms. The Bertz CT molecular complexity index is 426. The van der Waals surface area contributed by atoms with E-state index in [0.29, 0.717) is 0 Å². The predicted molar refractivity (Wildman–Crippen MR) is 66.1 cm³/mol. The van der Waals surface area contributed by atoms with E-state index < -0.39 is 0 Å². The van der Waals surface area contributed by atoms with E-state index in [1.54, 1.807) is 11.3 Å². The second-order valence-electron chi connectivity index (χ2n) is 4.15. The Balaban J connectivity index is 2.44. The Labute approximate surface area is 94.1 Å². The highest BCUT2D eigenvalue weighted by atomic mass is 32.1. The molecule has 1 atom stereocenters. The highest BCUT2D eigenvalue weighted by molar-refractivity contribution is 7.18. The molecule has 0 fully saturated rings. The summed E-state index contributed by atoms with van der Waals surface area (Å²) in [7, 11) is 0. The number of thiazole rings is 1. The van der Waals surface area contributed by atoms with Crippen LogP contribution in [0.25, 0.3) is 10.2 Å². The summed E-state index contributed by atoms with van der Waals surface area (Å²) in [4.78, 5) is 4.60. The van der Waals surface area contributed by atoms with Crippen LogP contribution in [-0.4, -0.2) is 4.98 Å². The number of rotatable bonds is 3. The van der Waals surface area contributed by atoms with Crippen LogP contribution in [0.5, 0.6) is 0 Å². The van der Waals surface area contributed by atoms with Gasteiger partial charge in [-0.2, -0.15) is 0 Å². The number of para-hydroxylation sites is 1. The van der Waals surface area contributed by atoms with Gasteiger partial charge in [0.1, 0.15) is 5.01 Å². The van der Waals surface area contributed by atoms with Gasteiger partial charge < -0.3 is 5.73 Å². The number of nitrogens with two attached hydrogens (primary N) is 1. The maximum absolute atomic E-state index is 6.26. The van der Waals surface area contributed by atoms with Crippen LogP contribution in [0.15, 0.2) is 24.3 Å². The number of aromatic nitrogens is 1. The molecule has 2 nitrogen and oxygen atoms in total. The molecule has 2 rings (SSSR count). The third-order valence-corrected chi connectivity index (χ3v) is 3.87. The maximum Gasteiger partial charge on any atom is 0.113 e. The SMILES string of the molecule is CCCC(C)(N)c1nc2ccccc2s1. The Kier molecular flexibility index (Phi) is 2.76. The third kappa shape index (κ3) is 2.03. The summed E-state index contributed by atoms with van der Waals surface area (Å²) in [6.45, 7) is 4.21. The molecule has 0 amide bonds. The normalized spacial score (nSPS) is 15.4. The van der Waals surface area contributed by atoms with Crippen molar-refractivity contribution in [3.8, 4) is 0 Å². The van der Waals surface area contributed by atoms with Crippen LogP contribution in [-0.2, 0) is 5.54 Å². The molecule has 3 heteroatoms. The van der Waals surface area contributed by atoms with Crippen LogP contribution in [0, 0.1) is 0 Å². The first-order valence-electron chi connectivity index (χ1n) is 5.28. The molecule has 0 aliphatic carbocycles. The molecule has 0 bridgehead atoms. The minimum absolute atomic E-state index is 0.279. The summed E-state index contributed by atoms with van der Waals surface area (Å²) in [6.07, 6.45) is 2.07. The first kappa shape index (κ1) is 10.6. The zero-order chi connectivity index (χ0) is 10.9. The molecule has 0 saturated carbocycles. The van der Waals surface area contributed by atoms with E-state index in [1.165, 1.54) is 4.70 Å². The van der Waals surface area contributed by atoms with Crippen molar-refractivity contribution in [2.24, 2.45) is 5.73 Å². The van der Waals surface area contributed by atoms with E-state index in [2.05, 4.69) is 24.9 Å². The lowest BCUT2D eigenvalue weighted by atomic mass is 9.99. The first-order chi connectivity index (χ1) is 7.13. The molecule has 0 radical (unpaired) electrons. The average molecular weight is 220 g/mol. The molecular formula is C12H16N2S. The van der Waals surface area contributed by atoms with Gasteiger partial charge in [0, 0.05) is 0 Å². The van der Waals surface area contributed by atoms with Gasteiger partial charge in [0.25, 0.3) is 0 Å². The fraction of sp³-hybridized carbons (Fsp3) is 0.417. The molecule has 0 spiro atoms. The number of hydrogen-bond donors (Lipinski definition) is 1. The number of benzene rings is 1. The Morgan fingerprint density at radius 2 is 2.13 bits per heavy atom. The van der Waals surface area contributed by atoms with Gasteiger partial charge in [0.2, 0.25) is 0 Å².